The molecule has 0 saturated heterocycles. The number of hydrogen-bond donors (Lipinski definition) is 1. The first kappa shape index (κ1) is 23.3. The third kappa shape index (κ3) is 7.43. The van der Waals surface area contributed by atoms with Crippen LogP contribution in [-0.4, -0.2) is 37.4 Å². The van der Waals surface area contributed by atoms with Crippen LogP contribution >= 0.6 is 0 Å². The summed E-state index contributed by atoms with van der Waals surface area (Å²) in [6.45, 7) is 10.8. The van der Waals surface area contributed by atoms with Crippen molar-refractivity contribution in [2.75, 3.05) is 29.9 Å². The highest BCUT2D eigenvalue weighted by Crippen LogP contribution is 2.20. The summed E-state index contributed by atoms with van der Waals surface area (Å²) in [5.41, 5.74) is 2.78. The lowest BCUT2D eigenvalue weighted by atomic mass is 10.2. The number of esters is 1. The third-order valence-electron chi connectivity index (χ3n) is 4.24. The van der Waals surface area contributed by atoms with E-state index in [-0.39, 0.29) is 5.97 Å². The summed E-state index contributed by atoms with van der Waals surface area (Å²) in [5.74, 6) is -0.379. The fraction of sp³-hybridized carbons (Fsp3) is 0.417. The van der Waals surface area contributed by atoms with E-state index in [0.717, 1.165) is 12.1 Å². The first-order valence-corrected chi connectivity index (χ1v) is 10.3. The van der Waals surface area contributed by atoms with E-state index in [9.17, 15) is 9.59 Å². The number of ether oxygens (including phenoxy) is 2. The molecule has 6 heteroatoms. The molecule has 0 bridgehead atoms. The minimum atomic E-state index is -0.597. The van der Waals surface area contributed by atoms with E-state index in [0.29, 0.717) is 30.9 Å². The molecule has 2 rings (SSSR count). The normalized spacial score (nSPS) is 11.0. The molecule has 0 aliphatic heterocycles. The van der Waals surface area contributed by atoms with Gasteiger partial charge in [-0.3, -0.25) is 4.90 Å². The Morgan fingerprint density at radius 3 is 2.20 bits per heavy atom. The minimum Gasteiger partial charge on any atom is -0.462 e. The zero-order chi connectivity index (χ0) is 22.1. The quantitative estimate of drug-likeness (QED) is 0.463. The second-order valence-corrected chi connectivity index (χ2v) is 8.05. The van der Waals surface area contributed by atoms with Gasteiger partial charge in [-0.25, -0.2) is 9.59 Å². The van der Waals surface area contributed by atoms with Gasteiger partial charge in [0.2, 0.25) is 0 Å². The lowest BCUT2D eigenvalue weighted by Gasteiger charge is -2.27. The second kappa shape index (κ2) is 10.7. The van der Waals surface area contributed by atoms with E-state index in [2.05, 4.69) is 24.4 Å². The van der Waals surface area contributed by atoms with Crippen LogP contribution in [0.15, 0.2) is 48.5 Å². The van der Waals surface area contributed by atoms with Crippen molar-refractivity contribution in [3.63, 3.8) is 0 Å². The zero-order valence-electron chi connectivity index (χ0n) is 18.5. The zero-order valence-corrected chi connectivity index (χ0v) is 18.5. The van der Waals surface area contributed by atoms with Crippen LogP contribution in [0, 0.1) is 6.92 Å². The van der Waals surface area contributed by atoms with Crippen molar-refractivity contribution in [2.24, 2.45) is 0 Å². The van der Waals surface area contributed by atoms with Gasteiger partial charge in [0.15, 0.2) is 0 Å². The van der Waals surface area contributed by atoms with Gasteiger partial charge >= 0.3 is 12.1 Å². The predicted molar refractivity (Wildman–Crippen MR) is 120 cm³/mol. The summed E-state index contributed by atoms with van der Waals surface area (Å²) >= 11 is 0. The molecule has 0 unspecified atom stereocenters. The summed E-state index contributed by atoms with van der Waals surface area (Å²) in [6, 6.07) is 15.0. The fourth-order valence-electron chi connectivity index (χ4n) is 2.78. The Morgan fingerprint density at radius 1 is 1.00 bits per heavy atom. The van der Waals surface area contributed by atoms with E-state index in [4.69, 9.17) is 9.47 Å². The lowest BCUT2D eigenvalue weighted by molar-refractivity contribution is 0.0525. The van der Waals surface area contributed by atoms with Crippen LogP contribution in [0.3, 0.4) is 0 Å². The molecule has 30 heavy (non-hydrogen) atoms. The standard InChI is InChI=1S/C24H32N2O4/c1-6-29-22(27)19-10-14-21(15-11-19)26(23(28)30-24(3,4)5)17-7-16-25-20-12-8-18(2)9-13-20/h8-15,25H,6-7,16-17H2,1-5H3. The Kier molecular flexibility index (Phi) is 8.27. The number of carbonyl (C=O) groups is 2. The highest BCUT2D eigenvalue weighted by atomic mass is 16.6. The maximum atomic E-state index is 12.8. The molecule has 0 atom stereocenters. The highest BCUT2D eigenvalue weighted by molar-refractivity contribution is 5.92. The Hall–Kier alpha value is -3.02. The maximum absolute atomic E-state index is 12.8. The molecule has 0 saturated carbocycles. The van der Waals surface area contributed by atoms with E-state index in [1.54, 1.807) is 36.1 Å². The molecule has 1 amide bonds. The minimum absolute atomic E-state index is 0.318. The number of amides is 1. The third-order valence-corrected chi connectivity index (χ3v) is 4.24. The van der Waals surface area contributed by atoms with Crippen molar-refractivity contribution in [2.45, 2.75) is 46.6 Å². The van der Waals surface area contributed by atoms with Gasteiger partial charge in [0.1, 0.15) is 5.60 Å². The van der Waals surface area contributed by atoms with Crippen LogP contribution in [0.5, 0.6) is 0 Å². The Morgan fingerprint density at radius 2 is 1.63 bits per heavy atom. The molecule has 0 radical (unpaired) electrons. The van der Waals surface area contributed by atoms with Gasteiger partial charge in [-0.05, 0) is 77.4 Å². The molecule has 0 aliphatic carbocycles. The van der Waals surface area contributed by atoms with Gasteiger partial charge < -0.3 is 14.8 Å². The summed E-state index contributed by atoms with van der Waals surface area (Å²) in [7, 11) is 0. The Balaban J connectivity index is 2.05. The molecule has 0 aromatic heterocycles. The van der Waals surface area contributed by atoms with Gasteiger partial charge in [-0.15, -0.1) is 0 Å². The largest absolute Gasteiger partial charge is 0.462 e. The van der Waals surface area contributed by atoms with Gasteiger partial charge in [-0.2, -0.15) is 0 Å². The van der Waals surface area contributed by atoms with Crippen LogP contribution in [0.4, 0.5) is 16.2 Å². The molecule has 2 aromatic carbocycles. The molecule has 0 heterocycles. The number of anilines is 2. The number of aryl methyl sites for hydroxylation is 1. The average molecular weight is 413 g/mol. The second-order valence-electron chi connectivity index (χ2n) is 8.05. The molecule has 1 N–H and O–H groups in total. The van der Waals surface area contributed by atoms with Gasteiger partial charge in [0.05, 0.1) is 12.2 Å². The monoisotopic (exact) mass is 412 g/mol. The van der Waals surface area contributed by atoms with E-state index in [1.165, 1.54) is 5.56 Å². The molecule has 162 valence electrons. The molecule has 0 fully saturated rings. The number of hydrogen-bond acceptors (Lipinski definition) is 5. The lowest BCUT2D eigenvalue weighted by Crippen LogP contribution is -2.38. The topological polar surface area (TPSA) is 67.9 Å². The predicted octanol–water partition coefficient (Wildman–Crippen LogP) is 5.42. The number of nitrogens with one attached hydrogen (secondary N) is 1. The molecular formula is C24H32N2O4. The molecular weight excluding hydrogens is 380 g/mol. The van der Waals surface area contributed by atoms with Gasteiger partial charge in [0.25, 0.3) is 0 Å². The van der Waals surface area contributed by atoms with E-state index in [1.807, 2.05) is 32.9 Å². The highest BCUT2D eigenvalue weighted by Gasteiger charge is 2.23. The molecule has 0 aliphatic rings. The van der Waals surface area contributed by atoms with Crippen LogP contribution in [0.2, 0.25) is 0 Å². The van der Waals surface area contributed by atoms with Crippen LogP contribution in [0.1, 0.15) is 50.0 Å². The Bertz CT molecular complexity index is 824. The molecule has 6 nitrogen and oxygen atoms in total. The van der Waals surface area contributed by atoms with E-state index >= 15 is 0 Å². The molecule has 2 aromatic rings. The summed E-state index contributed by atoms with van der Waals surface area (Å²) in [5, 5.41) is 3.36. The Labute approximate surface area is 179 Å². The van der Waals surface area contributed by atoms with Crippen LogP contribution in [0.25, 0.3) is 0 Å². The van der Waals surface area contributed by atoms with Crippen molar-refractivity contribution in [1.82, 2.24) is 0 Å². The van der Waals surface area contributed by atoms with Crippen molar-refractivity contribution < 1.29 is 19.1 Å². The maximum Gasteiger partial charge on any atom is 0.414 e. The van der Waals surface area contributed by atoms with Gasteiger partial charge in [0, 0.05) is 24.5 Å². The smallest absolute Gasteiger partial charge is 0.414 e. The van der Waals surface area contributed by atoms with Crippen molar-refractivity contribution in [1.29, 1.82) is 0 Å². The number of benzene rings is 2. The van der Waals surface area contributed by atoms with Crippen LogP contribution < -0.4 is 10.2 Å². The van der Waals surface area contributed by atoms with E-state index < -0.39 is 11.7 Å². The number of nitrogens with zero attached hydrogens (tertiary/aromatic N) is 1. The fourth-order valence-corrected chi connectivity index (χ4v) is 2.78. The summed E-state index contributed by atoms with van der Waals surface area (Å²) in [4.78, 5) is 26.2. The van der Waals surface area contributed by atoms with Crippen molar-refractivity contribution in [3.8, 4) is 0 Å². The van der Waals surface area contributed by atoms with Crippen molar-refractivity contribution >= 4 is 23.4 Å². The summed E-state index contributed by atoms with van der Waals surface area (Å²) < 4.78 is 10.6. The van der Waals surface area contributed by atoms with Crippen LogP contribution in [-0.2, 0) is 9.47 Å². The number of rotatable bonds is 8. The first-order chi connectivity index (χ1) is 14.2. The average Bonchev–Trinajstić information content (AvgIpc) is 2.68. The first-order valence-electron chi connectivity index (χ1n) is 10.3. The molecule has 0 spiro atoms. The van der Waals surface area contributed by atoms with Gasteiger partial charge in [-0.1, -0.05) is 17.7 Å². The summed E-state index contributed by atoms with van der Waals surface area (Å²) in [6.07, 6.45) is 0.314. The SMILES string of the molecule is CCOC(=O)c1ccc(N(CCCNc2ccc(C)cc2)C(=O)OC(C)(C)C)cc1. The number of carbonyl (C=O) groups excluding carboxylic acids is 2. The van der Waals surface area contributed by atoms with Crippen molar-refractivity contribution in [3.05, 3.63) is 59.7 Å².